The van der Waals surface area contributed by atoms with Crippen LogP contribution in [0.25, 0.3) is 0 Å². The number of hydrogen-bond acceptors (Lipinski definition) is 3. The zero-order chi connectivity index (χ0) is 11.0. The van der Waals surface area contributed by atoms with Crippen LogP contribution < -0.4 is 5.32 Å². The summed E-state index contributed by atoms with van der Waals surface area (Å²) in [5.74, 6) is -0.560. The average molecular weight is 246 g/mol. The van der Waals surface area contributed by atoms with Gasteiger partial charge in [-0.15, -0.1) is 0 Å². The number of halogens is 2. The molecule has 2 amide bonds. The maximum absolute atomic E-state index is 11.3. The Bertz CT molecular complexity index is 427. The van der Waals surface area contributed by atoms with Crippen LogP contribution in [0.3, 0.4) is 0 Å². The van der Waals surface area contributed by atoms with Gasteiger partial charge in [0.05, 0.1) is 0 Å². The van der Waals surface area contributed by atoms with Gasteiger partial charge in [0.1, 0.15) is 0 Å². The first-order chi connectivity index (χ1) is 7.09. The summed E-state index contributed by atoms with van der Waals surface area (Å²) in [6.07, 6.45) is -1.85. The third-order valence-electron chi connectivity index (χ3n) is 1.95. The predicted octanol–water partition coefficient (Wildman–Crippen LogP) is 2.30. The first-order valence-electron chi connectivity index (χ1n) is 4.05. The van der Waals surface area contributed by atoms with Crippen molar-refractivity contribution in [3.63, 3.8) is 0 Å². The van der Waals surface area contributed by atoms with Crippen molar-refractivity contribution in [1.82, 2.24) is 5.32 Å². The number of hydrogen-bond donors (Lipinski definition) is 1. The second kappa shape index (κ2) is 3.72. The number of nitrogens with one attached hydrogen (secondary N) is 1. The Labute approximate surface area is 95.1 Å². The highest BCUT2D eigenvalue weighted by Crippen LogP contribution is 2.34. The Morgan fingerprint density at radius 1 is 1.20 bits per heavy atom. The van der Waals surface area contributed by atoms with Crippen molar-refractivity contribution >= 4 is 35.2 Å². The molecule has 15 heavy (non-hydrogen) atoms. The van der Waals surface area contributed by atoms with E-state index in [1.165, 1.54) is 0 Å². The molecule has 1 N–H and O–H groups in total. The lowest BCUT2D eigenvalue weighted by atomic mass is 10.1. The van der Waals surface area contributed by atoms with Crippen molar-refractivity contribution in [2.45, 2.75) is 6.10 Å². The molecule has 1 atom stereocenters. The smallest absolute Gasteiger partial charge is 0.415 e. The molecule has 1 unspecified atom stereocenters. The van der Waals surface area contributed by atoms with E-state index in [9.17, 15) is 9.59 Å². The number of alkyl carbamates (subject to hydrolysis) is 1. The monoisotopic (exact) mass is 245 g/mol. The van der Waals surface area contributed by atoms with E-state index in [1.54, 1.807) is 18.2 Å². The van der Waals surface area contributed by atoms with Gasteiger partial charge in [0.2, 0.25) is 6.10 Å². The van der Waals surface area contributed by atoms with E-state index < -0.39 is 18.1 Å². The topological polar surface area (TPSA) is 55.4 Å². The molecule has 0 spiro atoms. The summed E-state index contributed by atoms with van der Waals surface area (Å²) in [4.78, 5) is 22.1. The third-order valence-corrected chi connectivity index (χ3v) is 2.61. The van der Waals surface area contributed by atoms with Crippen molar-refractivity contribution in [3.8, 4) is 0 Å². The van der Waals surface area contributed by atoms with Crippen LogP contribution in [0.5, 0.6) is 0 Å². The first kappa shape index (κ1) is 10.3. The van der Waals surface area contributed by atoms with Gasteiger partial charge in [0, 0.05) is 15.6 Å². The normalized spacial score (nSPS) is 20.0. The Morgan fingerprint density at radius 2 is 1.80 bits per heavy atom. The molecule has 0 radical (unpaired) electrons. The largest absolute Gasteiger partial charge is 0.431 e. The molecule has 1 saturated heterocycles. The van der Waals surface area contributed by atoms with Gasteiger partial charge in [-0.05, 0) is 12.1 Å². The lowest BCUT2D eigenvalue weighted by Gasteiger charge is -2.10. The molecule has 1 aromatic rings. The molecular weight excluding hydrogens is 241 g/mol. The molecule has 0 aromatic heterocycles. The number of cyclic esters (lactones) is 1. The molecule has 0 aliphatic carbocycles. The first-order valence-corrected chi connectivity index (χ1v) is 4.80. The minimum absolute atomic E-state index is 0.289. The summed E-state index contributed by atoms with van der Waals surface area (Å²) < 4.78 is 4.75. The molecule has 2 rings (SSSR count). The number of imide groups is 1. The number of carbonyl (C=O) groups excluding carboxylic acids is 2. The minimum atomic E-state index is -1.06. The molecule has 1 aliphatic rings. The summed E-state index contributed by atoms with van der Waals surface area (Å²) in [5, 5.41) is 2.58. The number of rotatable bonds is 1. The van der Waals surface area contributed by atoms with Crippen molar-refractivity contribution in [1.29, 1.82) is 0 Å². The van der Waals surface area contributed by atoms with E-state index in [1.807, 2.05) is 5.32 Å². The second-order valence-corrected chi connectivity index (χ2v) is 3.72. The number of ether oxygens (including phenoxy) is 1. The zero-order valence-electron chi connectivity index (χ0n) is 7.29. The Morgan fingerprint density at radius 3 is 2.27 bits per heavy atom. The van der Waals surface area contributed by atoms with Crippen LogP contribution in [-0.4, -0.2) is 12.0 Å². The Balaban J connectivity index is 2.46. The highest BCUT2D eigenvalue weighted by molar-refractivity contribution is 6.36. The molecule has 1 heterocycles. The average Bonchev–Trinajstić information content (AvgIpc) is 2.45. The molecule has 4 nitrogen and oxygen atoms in total. The van der Waals surface area contributed by atoms with Crippen LogP contribution in [0.1, 0.15) is 11.7 Å². The van der Waals surface area contributed by atoms with Gasteiger partial charge in [-0.3, -0.25) is 10.1 Å². The predicted molar refractivity (Wildman–Crippen MR) is 53.8 cm³/mol. The molecular formula is C9H5Cl2NO3. The van der Waals surface area contributed by atoms with Crippen LogP contribution in [0.2, 0.25) is 10.0 Å². The van der Waals surface area contributed by atoms with Crippen molar-refractivity contribution < 1.29 is 14.3 Å². The quantitative estimate of drug-likeness (QED) is 0.827. The Kier molecular flexibility index (Phi) is 2.54. The van der Waals surface area contributed by atoms with Gasteiger partial charge in [0.25, 0.3) is 5.91 Å². The van der Waals surface area contributed by atoms with Crippen LogP contribution in [0.15, 0.2) is 18.2 Å². The molecule has 1 aliphatic heterocycles. The molecule has 1 fully saturated rings. The third kappa shape index (κ3) is 1.78. The standard InChI is InChI=1S/C9H5Cl2NO3/c10-4-2-1-3-5(11)6(4)7-8(13)12-9(14)15-7/h1-3,7H,(H,12,13,14). The second-order valence-electron chi connectivity index (χ2n) is 2.91. The highest BCUT2D eigenvalue weighted by Gasteiger charge is 2.36. The number of benzene rings is 1. The lowest BCUT2D eigenvalue weighted by molar-refractivity contribution is -0.123. The van der Waals surface area contributed by atoms with Crippen LogP contribution in [-0.2, 0) is 9.53 Å². The maximum Gasteiger partial charge on any atom is 0.415 e. The van der Waals surface area contributed by atoms with E-state index in [2.05, 4.69) is 0 Å². The zero-order valence-corrected chi connectivity index (χ0v) is 8.80. The fourth-order valence-electron chi connectivity index (χ4n) is 1.31. The van der Waals surface area contributed by atoms with Gasteiger partial charge < -0.3 is 4.74 Å². The number of carbonyl (C=O) groups is 2. The van der Waals surface area contributed by atoms with E-state index in [0.717, 1.165) is 0 Å². The summed E-state index contributed by atoms with van der Waals surface area (Å²) in [7, 11) is 0. The molecule has 0 saturated carbocycles. The molecule has 78 valence electrons. The van der Waals surface area contributed by atoms with E-state index in [4.69, 9.17) is 27.9 Å². The minimum Gasteiger partial charge on any atom is -0.431 e. The SMILES string of the molecule is O=C1NC(=O)C(c2c(Cl)cccc2Cl)O1. The van der Waals surface area contributed by atoms with Crippen LogP contribution in [0, 0.1) is 0 Å². The van der Waals surface area contributed by atoms with E-state index in [0.29, 0.717) is 5.56 Å². The van der Waals surface area contributed by atoms with Gasteiger partial charge in [-0.1, -0.05) is 29.3 Å². The lowest BCUT2D eigenvalue weighted by Crippen LogP contribution is -2.20. The molecule has 0 bridgehead atoms. The fourth-order valence-corrected chi connectivity index (χ4v) is 1.90. The van der Waals surface area contributed by atoms with E-state index >= 15 is 0 Å². The van der Waals surface area contributed by atoms with Crippen LogP contribution >= 0.6 is 23.2 Å². The van der Waals surface area contributed by atoms with Gasteiger partial charge >= 0.3 is 6.09 Å². The van der Waals surface area contributed by atoms with Gasteiger partial charge in [-0.2, -0.15) is 0 Å². The maximum atomic E-state index is 11.3. The van der Waals surface area contributed by atoms with Gasteiger partial charge in [0.15, 0.2) is 0 Å². The van der Waals surface area contributed by atoms with E-state index in [-0.39, 0.29) is 10.0 Å². The van der Waals surface area contributed by atoms with Gasteiger partial charge in [-0.25, -0.2) is 4.79 Å². The molecule has 6 heteroatoms. The summed E-state index contributed by atoms with van der Waals surface area (Å²) in [6, 6.07) is 4.78. The molecule has 1 aromatic carbocycles. The summed E-state index contributed by atoms with van der Waals surface area (Å²) >= 11 is 11.7. The highest BCUT2D eigenvalue weighted by atomic mass is 35.5. The van der Waals surface area contributed by atoms with Crippen LogP contribution in [0.4, 0.5) is 4.79 Å². The summed E-state index contributed by atoms with van der Waals surface area (Å²) in [6.45, 7) is 0. The van der Waals surface area contributed by atoms with Crippen molar-refractivity contribution in [3.05, 3.63) is 33.8 Å². The van der Waals surface area contributed by atoms with Crippen molar-refractivity contribution in [2.24, 2.45) is 0 Å². The summed E-state index contributed by atoms with van der Waals surface area (Å²) in [5.41, 5.74) is 0.309. The Hall–Kier alpha value is -1.26. The fraction of sp³-hybridized carbons (Fsp3) is 0.111. The van der Waals surface area contributed by atoms with Crippen molar-refractivity contribution in [2.75, 3.05) is 0 Å². The number of amides is 2.